The number of carbonyl (C=O) groups is 2. The first-order valence-electron chi connectivity index (χ1n) is 6.69. The molecule has 0 aliphatic carbocycles. The van der Waals surface area contributed by atoms with E-state index in [-0.39, 0.29) is 17.7 Å². The molecule has 0 bridgehead atoms. The maximum Gasteiger partial charge on any atom is 0.327 e. The zero-order valence-corrected chi connectivity index (χ0v) is 12.2. The fourth-order valence-corrected chi connectivity index (χ4v) is 3.84. The van der Waals surface area contributed by atoms with E-state index in [0.29, 0.717) is 11.4 Å². The van der Waals surface area contributed by atoms with Gasteiger partial charge in [-0.3, -0.25) is 9.78 Å². The summed E-state index contributed by atoms with van der Waals surface area (Å²) in [5.74, 6) is -0.612. The Morgan fingerprint density at radius 3 is 2.90 bits per heavy atom. The quantitative estimate of drug-likeness (QED) is 0.896. The minimum Gasteiger partial charge on any atom is -0.480 e. The molecule has 0 spiro atoms. The van der Waals surface area contributed by atoms with Crippen LogP contribution in [0.25, 0.3) is 0 Å². The molecule has 1 saturated heterocycles. The molecule has 2 heterocycles. The third-order valence-electron chi connectivity index (χ3n) is 3.26. The fourth-order valence-electron chi connectivity index (χ4n) is 2.31. The topological polar surface area (TPSA) is 70.5 Å². The highest BCUT2D eigenvalue weighted by Crippen LogP contribution is 2.32. The van der Waals surface area contributed by atoms with E-state index in [2.05, 4.69) is 4.98 Å². The van der Waals surface area contributed by atoms with Gasteiger partial charge in [0.15, 0.2) is 0 Å². The van der Waals surface area contributed by atoms with Gasteiger partial charge in [0.25, 0.3) is 0 Å². The molecular weight excluding hydrogens is 276 g/mol. The Kier molecular flexibility index (Phi) is 5.00. The van der Waals surface area contributed by atoms with Gasteiger partial charge >= 0.3 is 5.97 Å². The minimum absolute atomic E-state index is 0.0303. The van der Waals surface area contributed by atoms with Crippen molar-refractivity contribution in [1.82, 2.24) is 9.88 Å². The zero-order valence-electron chi connectivity index (χ0n) is 11.4. The fraction of sp³-hybridized carbons (Fsp3) is 0.500. The van der Waals surface area contributed by atoms with Crippen molar-refractivity contribution in [3.8, 4) is 0 Å². The van der Waals surface area contributed by atoms with Crippen molar-refractivity contribution in [3.05, 3.63) is 30.1 Å². The Balaban J connectivity index is 2.12. The molecule has 1 fully saturated rings. The number of aromatic nitrogens is 1. The zero-order chi connectivity index (χ0) is 14.5. The van der Waals surface area contributed by atoms with Crippen LogP contribution in [0.2, 0.25) is 0 Å². The van der Waals surface area contributed by atoms with Gasteiger partial charge in [-0.25, -0.2) is 4.79 Å². The van der Waals surface area contributed by atoms with Crippen LogP contribution in [0, 0.1) is 0 Å². The molecule has 1 aliphatic rings. The van der Waals surface area contributed by atoms with E-state index in [1.165, 1.54) is 4.90 Å². The van der Waals surface area contributed by atoms with Crippen molar-refractivity contribution in [1.29, 1.82) is 0 Å². The highest BCUT2D eigenvalue weighted by atomic mass is 32.2. The van der Waals surface area contributed by atoms with Gasteiger partial charge < -0.3 is 10.0 Å². The summed E-state index contributed by atoms with van der Waals surface area (Å²) < 4.78 is 0. The van der Waals surface area contributed by atoms with Gasteiger partial charge in [0.1, 0.15) is 6.04 Å². The predicted octanol–water partition coefficient (Wildman–Crippen LogP) is 1.78. The van der Waals surface area contributed by atoms with Crippen LogP contribution in [-0.2, 0) is 16.0 Å². The number of carboxylic acid groups (broad SMARTS) is 1. The SMILES string of the molecule is CCCC1SCC(C(=O)O)N1C(=O)Cc1ccccn1. The first kappa shape index (κ1) is 14.8. The van der Waals surface area contributed by atoms with E-state index in [0.717, 1.165) is 12.8 Å². The first-order valence-corrected chi connectivity index (χ1v) is 7.73. The lowest BCUT2D eigenvalue weighted by Crippen LogP contribution is -2.46. The molecule has 2 atom stereocenters. The summed E-state index contributed by atoms with van der Waals surface area (Å²) in [6, 6.07) is 4.69. The van der Waals surface area contributed by atoms with Crippen molar-refractivity contribution in [2.24, 2.45) is 0 Å². The van der Waals surface area contributed by atoms with Crippen molar-refractivity contribution in [2.75, 3.05) is 5.75 Å². The van der Waals surface area contributed by atoms with Crippen LogP contribution in [0.4, 0.5) is 0 Å². The molecule has 0 saturated carbocycles. The number of thioether (sulfide) groups is 1. The molecular formula is C14H18N2O3S. The van der Waals surface area contributed by atoms with Crippen molar-refractivity contribution < 1.29 is 14.7 Å². The summed E-state index contributed by atoms with van der Waals surface area (Å²) in [5, 5.41) is 9.23. The molecule has 2 unspecified atom stereocenters. The number of rotatable bonds is 5. The smallest absolute Gasteiger partial charge is 0.327 e. The summed E-state index contributed by atoms with van der Waals surface area (Å²) in [5.41, 5.74) is 0.675. The monoisotopic (exact) mass is 294 g/mol. The second-order valence-corrected chi connectivity index (χ2v) is 5.94. The Labute approximate surface area is 122 Å². The van der Waals surface area contributed by atoms with E-state index in [1.807, 2.05) is 13.0 Å². The standard InChI is InChI=1S/C14H18N2O3S/c1-2-5-13-16(11(9-20-13)14(18)19)12(17)8-10-6-3-4-7-15-10/h3-4,6-7,11,13H,2,5,8-9H2,1H3,(H,18,19). The molecule has 1 amide bonds. The lowest BCUT2D eigenvalue weighted by molar-refractivity contribution is -0.148. The number of carbonyl (C=O) groups excluding carboxylic acids is 1. The van der Waals surface area contributed by atoms with Gasteiger partial charge in [0, 0.05) is 17.6 Å². The van der Waals surface area contributed by atoms with Gasteiger partial charge in [-0.05, 0) is 18.6 Å². The third kappa shape index (κ3) is 3.30. The third-order valence-corrected chi connectivity index (χ3v) is 4.62. The van der Waals surface area contributed by atoms with Gasteiger partial charge in [-0.15, -0.1) is 11.8 Å². The van der Waals surface area contributed by atoms with Crippen LogP contribution in [0.1, 0.15) is 25.5 Å². The first-order chi connectivity index (χ1) is 9.63. The van der Waals surface area contributed by atoms with Crippen LogP contribution in [-0.4, -0.2) is 44.0 Å². The predicted molar refractivity (Wildman–Crippen MR) is 77.4 cm³/mol. The summed E-state index contributed by atoms with van der Waals surface area (Å²) in [7, 11) is 0. The Hall–Kier alpha value is -1.56. The highest BCUT2D eigenvalue weighted by Gasteiger charge is 2.40. The average molecular weight is 294 g/mol. The molecule has 2 rings (SSSR count). The van der Waals surface area contributed by atoms with E-state index in [4.69, 9.17) is 0 Å². The summed E-state index contributed by atoms with van der Waals surface area (Å²) in [6.07, 6.45) is 3.55. The van der Waals surface area contributed by atoms with E-state index < -0.39 is 12.0 Å². The van der Waals surface area contributed by atoms with Crippen LogP contribution < -0.4 is 0 Å². The van der Waals surface area contributed by atoms with Gasteiger partial charge in [0.2, 0.25) is 5.91 Å². The lowest BCUT2D eigenvalue weighted by atomic mass is 10.2. The van der Waals surface area contributed by atoms with Crippen LogP contribution >= 0.6 is 11.8 Å². The number of hydrogen-bond acceptors (Lipinski definition) is 4. The molecule has 6 heteroatoms. The van der Waals surface area contributed by atoms with Crippen LogP contribution in [0.5, 0.6) is 0 Å². The molecule has 5 nitrogen and oxygen atoms in total. The number of hydrogen-bond donors (Lipinski definition) is 1. The summed E-state index contributed by atoms with van der Waals surface area (Å²) in [6.45, 7) is 2.04. The molecule has 0 aromatic carbocycles. The molecule has 20 heavy (non-hydrogen) atoms. The minimum atomic E-state index is -0.925. The number of nitrogens with zero attached hydrogens (tertiary/aromatic N) is 2. The Morgan fingerprint density at radius 2 is 2.30 bits per heavy atom. The van der Waals surface area contributed by atoms with Crippen molar-refractivity contribution in [3.63, 3.8) is 0 Å². The van der Waals surface area contributed by atoms with E-state index >= 15 is 0 Å². The molecule has 0 radical (unpaired) electrons. The lowest BCUT2D eigenvalue weighted by Gasteiger charge is -2.27. The second-order valence-electron chi connectivity index (χ2n) is 4.73. The second kappa shape index (κ2) is 6.74. The maximum absolute atomic E-state index is 12.4. The Bertz CT molecular complexity index is 481. The molecule has 1 N–H and O–H groups in total. The van der Waals surface area contributed by atoms with Gasteiger partial charge in [0.05, 0.1) is 11.8 Å². The number of amides is 1. The average Bonchev–Trinajstić information content (AvgIpc) is 2.84. The molecule has 1 aromatic rings. The van der Waals surface area contributed by atoms with Crippen LogP contribution in [0.15, 0.2) is 24.4 Å². The van der Waals surface area contributed by atoms with Crippen molar-refractivity contribution >= 4 is 23.6 Å². The number of aliphatic carboxylic acids is 1. The highest BCUT2D eigenvalue weighted by molar-refractivity contribution is 8.00. The Morgan fingerprint density at radius 1 is 1.50 bits per heavy atom. The maximum atomic E-state index is 12.4. The number of pyridine rings is 1. The van der Waals surface area contributed by atoms with Gasteiger partial charge in [-0.1, -0.05) is 19.4 Å². The largest absolute Gasteiger partial charge is 0.480 e. The molecule has 1 aliphatic heterocycles. The molecule has 1 aromatic heterocycles. The summed E-state index contributed by atoms with van der Waals surface area (Å²) in [4.78, 5) is 29.4. The number of carboxylic acids is 1. The van der Waals surface area contributed by atoms with Gasteiger partial charge in [-0.2, -0.15) is 0 Å². The summed E-state index contributed by atoms with van der Waals surface area (Å²) >= 11 is 1.55. The molecule has 108 valence electrons. The normalized spacial score (nSPS) is 21.9. The van der Waals surface area contributed by atoms with Crippen LogP contribution in [0.3, 0.4) is 0 Å². The van der Waals surface area contributed by atoms with E-state index in [1.54, 1.807) is 30.1 Å². The van der Waals surface area contributed by atoms with E-state index in [9.17, 15) is 14.7 Å². The van der Waals surface area contributed by atoms with Crippen molar-refractivity contribution in [2.45, 2.75) is 37.6 Å².